The number of amides is 1. The molecule has 2 aromatic heterocycles. The average molecular weight is 369 g/mol. The monoisotopic (exact) mass is 369 g/mol. The van der Waals surface area contributed by atoms with Crippen LogP contribution < -0.4 is 21.8 Å². The van der Waals surface area contributed by atoms with Crippen LogP contribution in [0.3, 0.4) is 0 Å². The zero-order chi connectivity index (χ0) is 18.1. The quantitative estimate of drug-likeness (QED) is 0.651. The Balaban J connectivity index is 1.49. The Hall–Kier alpha value is -2.55. The second-order valence-corrected chi connectivity index (χ2v) is 7.34. The number of rotatable bonds is 4. The highest BCUT2D eigenvalue weighted by molar-refractivity contribution is 7.18. The van der Waals surface area contributed by atoms with Gasteiger partial charge in [-0.15, -0.1) is 11.3 Å². The summed E-state index contributed by atoms with van der Waals surface area (Å²) in [6.45, 7) is 2.03. The van der Waals surface area contributed by atoms with Gasteiger partial charge in [0.25, 0.3) is 11.5 Å². The zero-order valence-electron chi connectivity index (χ0n) is 14.2. The fourth-order valence-electron chi connectivity index (χ4n) is 3.06. The average Bonchev–Trinajstić information content (AvgIpc) is 3.32. The molecule has 0 aliphatic carbocycles. The second-order valence-electron chi connectivity index (χ2n) is 6.22. The lowest BCUT2D eigenvalue weighted by atomic mass is 10.0. The lowest BCUT2D eigenvalue weighted by molar-refractivity contribution is -0.118. The van der Waals surface area contributed by atoms with Crippen molar-refractivity contribution in [3.8, 4) is 0 Å². The van der Waals surface area contributed by atoms with E-state index in [9.17, 15) is 9.59 Å². The Bertz CT molecular complexity index is 998. The fraction of sp³-hybridized carbons (Fsp3) is 0.278. The summed E-state index contributed by atoms with van der Waals surface area (Å²) in [5, 5.41) is 0.536. The number of thiophene rings is 1. The largest absolute Gasteiger partial charge is 0.280 e. The van der Waals surface area contributed by atoms with Gasteiger partial charge in [0.2, 0.25) is 0 Å². The summed E-state index contributed by atoms with van der Waals surface area (Å²) >= 11 is 1.50. The molecule has 3 N–H and O–H groups in total. The zero-order valence-corrected chi connectivity index (χ0v) is 15.0. The Kier molecular flexibility index (Phi) is 4.54. The highest BCUT2D eigenvalue weighted by atomic mass is 32.1. The SMILES string of the molecule is CCc1cc2c(=O)n(NC(=O)C3CC(c4ccccc4)NN3)cnc2s1. The summed E-state index contributed by atoms with van der Waals surface area (Å²) in [6, 6.07) is 11.4. The van der Waals surface area contributed by atoms with Crippen molar-refractivity contribution < 1.29 is 4.79 Å². The van der Waals surface area contributed by atoms with Gasteiger partial charge in [0.15, 0.2) is 0 Å². The first kappa shape index (κ1) is 16.9. The van der Waals surface area contributed by atoms with Gasteiger partial charge in [-0.3, -0.25) is 15.0 Å². The Labute approximate surface area is 154 Å². The van der Waals surface area contributed by atoms with Crippen LogP contribution in [0.15, 0.2) is 47.5 Å². The van der Waals surface area contributed by atoms with Crippen molar-refractivity contribution in [2.75, 3.05) is 5.43 Å². The normalized spacial score (nSPS) is 19.7. The fourth-order valence-corrected chi connectivity index (χ4v) is 3.98. The molecule has 1 amide bonds. The van der Waals surface area contributed by atoms with Crippen LogP contribution in [-0.4, -0.2) is 21.6 Å². The van der Waals surface area contributed by atoms with Crippen LogP contribution in [-0.2, 0) is 11.2 Å². The number of nitrogens with zero attached hydrogens (tertiary/aromatic N) is 2. The molecule has 2 unspecified atom stereocenters. The van der Waals surface area contributed by atoms with Gasteiger partial charge in [-0.2, -0.15) is 0 Å². The number of aryl methyl sites for hydroxylation is 1. The van der Waals surface area contributed by atoms with E-state index in [2.05, 4.69) is 21.3 Å². The molecule has 0 saturated carbocycles. The lowest BCUT2D eigenvalue weighted by Crippen LogP contribution is -2.44. The summed E-state index contributed by atoms with van der Waals surface area (Å²) in [4.78, 5) is 31.2. The number of benzene rings is 1. The Morgan fingerprint density at radius 1 is 1.35 bits per heavy atom. The maximum absolute atomic E-state index is 12.6. The third-order valence-electron chi connectivity index (χ3n) is 4.50. The van der Waals surface area contributed by atoms with Crippen LogP contribution in [0.1, 0.15) is 29.8 Å². The summed E-state index contributed by atoms with van der Waals surface area (Å²) in [5.41, 5.74) is 9.63. The van der Waals surface area contributed by atoms with Crippen molar-refractivity contribution in [2.24, 2.45) is 0 Å². The molecule has 0 spiro atoms. The molecule has 1 aliphatic heterocycles. The minimum absolute atomic E-state index is 0.0493. The predicted octanol–water partition coefficient (Wildman–Crippen LogP) is 1.70. The Morgan fingerprint density at radius 3 is 2.92 bits per heavy atom. The molecule has 4 rings (SSSR count). The van der Waals surface area contributed by atoms with Crippen LogP contribution in [0.25, 0.3) is 10.2 Å². The molecule has 134 valence electrons. The standard InChI is InChI=1S/C18H19N5O2S/c1-2-12-8-13-17(26-12)19-10-23(18(13)25)22-16(24)15-9-14(20-21-15)11-6-4-3-5-7-11/h3-8,10,14-15,20-21H,2,9H2,1H3,(H,22,24). The van der Waals surface area contributed by atoms with Crippen LogP contribution in [0.5, 0.6) is 0 Å². The van der Waals surface area contributed by atoms with E-state index in [1.807, 2.05) is 43.3 Å². The first-order chi connectivity index (χ1) is 12.7. The molecule has 1 saturated heterocycles. The van der Waals surface area contributed by atoms with E-state index in [1.165, 1.54) is 17.7 Å². The first-order valence-electron chi connectivity index (χ1n) is 8.52. The minimum atomic E-state index is -0.434. The highest BCUT2D eigenvalue weighted by Crippen LogP contribution is 2.22. The molecule has 0 radical (unpaired) electrons. The molecule has 3 heterocycles. The van der Waals surface area contributed by atoms with E-state index in [-0.39, 0.29) is 17.5 Å². The van der Waals surface area contributed by atoms with Crippen molar-refractivity contribution in [1.29, 1.82) is 0 Å². The summed E-state index contributed by atoms with van der Waals surface area (Å²) in [7, 11) is 0. The van der Waals surface area contributed by atoms with E-state index in [1.54, 1.807) is 0 Å². The molecule has 3 aromatic rings. The van der Waals surface area contributed by atoms with Crippen LogP contribution >= 0.6 is 11.3 Å². The van der Waals surface area contributed by atoms with Gasteiger partial charge in [-0.25, -0.2) is 20.5 Å². The van der Waals surface area contributed by atoms with Crippen molar-refractivity contribution in [3.05, 3.63) is 63.5 Å². The molecule has 7 nitrogen and oxygen atoms in total. The summed E-state index contributed by atoms with van der Waals surface area (Å²) in [5.74, 6) is -0.273. The van der Waals surface area contributed by atoms with Gasteiger partial charge in [-0.1, -0.05) is 37.3 Å². The van der Waals surface area contributed by atoms with Gasteiger partial charge >= 0.3 is 0 Å². The molecule has 1 aromatic carbocycles. The summed E-state index contributed by atoms with van der Waals surface area (Å²) < 4.78 is 1.16. The van der Waals surface area contributed by atoms with Gasteiger partial charge in [0.1, 0.15) is 17.2 Å². The Morgan fingerprint density at radius 2 is 2.15 bits per heavy atom. The third kappa shape index (κ3) is 3.14. The second kappa shape index (κ2) is 6.99. The maximum atomic E-state index is 12.6. The third-order valence-corrected chi connectivity index (χ3v) is 5.69. The molecule has 26 heavy (non-hydrogen) atoms. The van der Waals surface area contributed by atoms with E-state index in [0.29, 0.717) is 16.6 Å². The number of hydrazine groups is 1. The van der Waals surface area contributed by atoms with Crippen molar-refractivity contribution in [2.45, 2.75) is 31.8 Å². The minimum Gasteiger partial charge on any atom is -0.271 e. The van der Waals surface area contributed by atoms with Gasteiger partial charge in [-0.05, 0) is 24.5 Å². The first-order valence-corrected chi connectivity index (χ1v) is 9.34. The molecule has 8 heteroatoms. The maximum Gasteiger partial charge on any atom is 0.280 e. The van der Waals surface area contributed by atoms with E-state index in [4.69, 9.17) is 0 Å². The number of aromatic nitrogens is 2. The van der Waals surface area contributed by atoms with Crippen LogP contribution in [0, 0.1) is 0 Å². The lowest BCUT2D eigenvalue weighted by Gasteiger charge is -2.12. The van der Waals surface area contributed by atoms with Crippen LogP contribution in [0.2, 0.25) is 0 Å². The number of nitrogens with one attached hydrogen (secondary N) is 3. The number of hydrogen-bond acceptors (Lipinski definition) is 6. The van der Waals surface area contributed by atoms with Crippen molar-refractivity contribution in [3.63, 3.8) is 0 Å². The predicted molar refractivity (Wildman–Crippen MR) is 101 cm³/mol. The van der Waals surface area contributed by atoms with E-state index in [0.717, 1.165) is 21.5 Å². The van der Waals surface area contributed by atoms with Crippen LogP contribution in [0.4, 0.5) is 0 Å². The molecule has 0 bridgehead atoms. The molecular weight excluding hydrogens is 350 g/mol. The van der Waals surface area contributed by atoms with E-state index < -0.39 is 6.04 Å². The summed E-state index contributed by atoms with van der Waals surface area (Å²) in [6.07, 6.45) is 2.82. The van der Waals surface area contributed by atoms with Gasteiger partial charge in [0, 0.05) is 10.9 Å². The molecular formula is C18H19N5O2S. The van der Waals surface area contributed by atoms with Crippen molar-refractivity contribution in [1.82, 2.24) is 20.5 Å². The van der Waals surface area contributed by atoms with E-state index >= 15 is 0 Å². The molecule has 2 atom stereocenters. The number of carbonyl (C=O) groups excluding carboxylic acids is 1. The highest BCUT2D eigenvalue weighted by Gasteiger charge is 2.30. The van der Waals surface area contributed by atoms with Gasteiger partial charge in [0.05, 0.1) is 5.39 Å². The number of carbonyl (C=O) groups is 1. The molecule has 1 aliphatic rings. The topological polar surface area (TPSA) is 88.0 Å². The number of hydrogen-bond donors (Lipinski definition) is 3. The number of fused-ring (bicyclic) bond motifs is 1. The van der Waals surface area contributed by atoms with Crippen molar-refractivity contribution >= 4 is 27.5 Å². The smallest absolute Gasteiger partial charge is 0.271 e. The molecule has 1 fully saturated rings. The van der Waals surface area contributed by atoms with Gasteiger partial charge < -0.3 is 0 Å².